The minimum absolute atomic E-state index is 0.790. The first-order chi connectivity index (χ1) is 9.13. The van der Waals surface area contributed by atoms with Crippen molar-refractivity contribution in [1.82, 2.24) is 9.97 Å². The van der Waals surface area contributed by atoms with E-state index < -0.39 is 0 Å². The highest BCUT2D eigenvalue weighted by Crippen LogP contribution is 2.28. The third kappa shape index (κ3) is 2.42. The molecule has 19 heavy (non-hydrogen) atoms. The molecule has 1 aliphatic heterocycles. The molecule has 1 aliphatic rings. The first kappa shape index (κ1) is 12.4. The Morgan fingerprint density at radius 3 is 2.74 bits per heavy atom. The summed E-state index contributed by atoms with van der Waals surface area (Å²) in [6, 6.07) is 8.34. The van der Waals surface area contributed by atoms with Gasteiger partial charge in [-0.3, -0.25) is 0 Å². The number of halogens is 1. The summed E-state index contributed by atoms with van der Waals surface area (Å²) < 4.78 is 1.12. The van der Waals surface area contributed by atoms with E-state index in [1.54, 1.807) is 0 Å². The van der Waals surface area contributed by atoms with Gasteiger partial charge in [-0.2, -0.15) is 4.98 Å². The van der Waals surface area contributed by atoms with Crippen molar-refractivity contribution in [3.8, 4) is 0 Å². The van der Waals surface area contributed by atoms with E-state index in [0.717, 1.165) is 29.3 Å². The number of aromatic nitrogens is 2. The Bertz CT molecular complexity index is 612. The molecule has 0 bridgehead atoms. The molecule has 0 N–H and O–H groups in total. The third-order valence-corrected chi connectivity index (χ3v) is 3.75. The predicted octanol–water partition coefficient (Wildman–Crippen LogP) is 2.83. The van der Waals surface area contributed by atoms with Crippen molar-refractivity contribution in [2.45, 2.75) is 13.1 Å². The third-order valence-electron chi connectivity index (χ3n) is 3.26. The fourth-order valence-corrected chi connectivity index (χ4v) is 2.65. The van der Waals surface area contributed by atoms with Crippen molar-refractivity contribution in [2.75, 3.05) is 23.9 Å². The molecule has 0 unspecified atom stereocenters. The van der Waals surface area contributed by atoms with Crippen molar-refractivity contribution in [3.63, 3.8) is 0 Å². The number of hydrogen-bond acceptors (Lipinski definition) is 4. The lowest BCUT2D eigenvalue weighted by Crippen LogP contribution is -2.19. The maximum Gasteiger partial charge on any atom is 0.227 e. The summed E-state index contributed by atoms with van der Waals surface area (Å²) in [7, 11) is 3.98. The van der Waals surface area contributed by atoms with E-state index in [4.69, 9.17) is 0 Å². The quantitative estimate of drug-likeness (QED) is 0.852. The second-order valence-electron chi connectivity index (χ2n) is 4.88. The Labute approximate surface area is 121 Å². The summed E-state index contributed by atoms with van der Waals surface area (Å²) in [6.45, 7) is 1.74. The maximum atomic E-state index is 4.59. The average molecular weight is 319 g/mol. The molecule has 0 spiro atoms. The molecule has 0 aliphatic carbocycles. The van der Waals surface area contributed by atoms with Crippen LogP contribution in [0, 0.1) is 0 Å². The Kier molecular flexibility index (Phi) is 3.14. The van der Waals surface area contributed by atoms with Crippen LogP contribution in [0.1, 0.15) is 11.1 Å². The number of anilines is 2. The summed E-state index contributed by atoms with van der Waals surface area (Å²) in [5.74, 6) is 1.72. The van der Waals surface area contributed by atoms with Crippen LogP contribution in [-0.2, 0) is 13.1 Å². The van der Waals surface area contributed by atoms with Gasteiger partial charge >= 0.3 is 0 Å². The summed E-state index contributed by atoms with van der Waals surface area (Å²) in [5, 5.41) is 0. The van der Waals surface area contributed by atoms with Crippen LogP contribution in [0.25, 0.3) is 0 Å². The van der Waals surface area contributed by atoms with Crippen LogP contribution in [0.15, 0.2) is 34.9 Å². The molecule has 2 aromatic rings. The standard InChI is InChI=1S/C14H15BrN4/c1-18(2)13-5-6-16-14(17-13)19-8-10-3-4-12(15)7-11(10)9-19/h3-7H,8-9H2,1-2H3. The van der Waals surface area contributed by atoms with Crippen molar-refractivity contribution in [2.24, 2.45) is 0 Å². The highest BCUT2D eigenvalue weighted by molar-refractivity contribution is 9.10. The van der Waals surface area contributed by atoms with E-state index in [1.165, 1.54) is 11.1 Å². The van der Waals surface area contributed by atoms with Crippen molar-refractivity contribution in [3.05, 3.63) is 46.1 Å². The molecule has 5 heteroatoms. The molecule has 98 valence electrons. The lowest BCUT2D eigenvalue weighted by molar-refractivity contribution is 0.824. The van der Waals surface area contributed by atoms with Gasteiger partial charge in [-0.1, -0.05) is 22.0 Å². The second-order valence-corrected chi connectivity index (χ2v) is 5.79. The Hall–Kier alpha value is -1.62. The van der Waals surface area contributed by atoms with Crippen LogP contribution in [0.3, 0.4) is 0 Å². The Morgan fingerprint density at radius 1 is 1.16 bits per heavy atom. The molecule has 0 saturated carbocycles. The number of hydrogen-bond donors (Lipinski definition) is 0. The van der Waals surface area contributed by atoms with Crippen molar-refractivity contribution < 1.29 is 0 Å². The van der Waals surface area contributed by atoms with E-state index in [-0.39, 0.29) is 0 Å². The lowest BCUT2D eigenvalue weighted by Gasteiger charge is -2.17. The van der Waals surface area contributed by atoms with Gasteiger partial charge in [-0.15, -0.1) is 0 Å². The molecule has 1 aromatic heterocycles. The lowest BCUT2D eigenvalue weighted by atomic mass is 10.1. The average Bonchev–Trinajstić information content (AvgIpc) is 2.81. The zero-order valence-corrected chi connectivity index (χ0v) is 12.6. The highest BCUT2D eigenvalue weighted by Gasteiger charge is 2.21. The van der Waals surface area contributed by atoms with Gasteiger partial charge in [-0.05, 0) is 29.3 Å². The molecule has 3 rings (SSSR count). The Morgan fingerprint density at radius 2 is 1.95 bits per heavy atom. The molecule has 2 heterocycles. The molecule has 0 atom stereocenters. The topological polar surface area (TPSA) is 32.3 Å². The van der Waals surface area contributed by atoms with Gasteiger partial charge in [0, 0.05) is 37.9 Å². The molecule has 0 radical (unpaired) electrons. The van der Waals surface area contributed by atoms with Gasteiger partial charge in [0.05, 0.1) is 0 Å². The molecule has 0 saturated heterocycles. The van der Waals surface area contributed by atoms with Crippen molar-refractivity contribution in [1.29, 1.82) is 0 Å². The molecular weight excluding hydrogens is 304 g/mol. The molecule has 1 aromatic carbocycles. The monoisotopic (exact) mass is 318 g/mol. The molecule has 0 fully saturated rings. The number of nitrogens with zero attached hydrogens (tertiary/aromatic N) is 4. The number of fused-ring (bicyclic) bond motifs is 1. The van der Waals surface area contributed by atoms with Gasteiger partial charge < -0.3 is 9.80 Å². The summed E-state index contributed by atoms with van der Waals surface area (Å²) in [4.78, 5) is 13.2. The van der Waals surface area contributed by atoms with Crippen LogP contribution in [0.5, 0.6) is 0 Å². The van der Waals surface area contributed by atoms with E-state index in [2.05, 4.69) is 49.0 Å². The van der Waals surface area contributed by atoms with Crippen LogP contribution >= 0.6 is 15.9 Å². The zero-order valence-electron chi connectivity index (χ0n) is 11.0. The molecule has 0 amide bonds. The molecular formula is C14H15BrN4. The van der Waals surface area contributed by atoms with Crippen molar-refractivity contribution >= 4 is 27.7 Å². The predicted molar refractivity (Wildman–Crippen MR) is 80.4 cm³/mol. The van der Waals surface area contributed by atoms with Crippen LogP contribution in [0.2, 0.25) is 0 Å². The maximum absolute atomic E-state index is 4.59. The van der Waals surface area contributed by atoms with E-state index >= 15 is 0 Å². The second kappa shape index (κ2) is 4.81. The first-order valence-electron chi connectivity index (χ1n) is 6.16. The van der Waals surface area contributed by atoms with Gasteiger partial charge in [0.1, 0.15) is 5.82 Å². The minimum Gasteiger partial charge on any atom is -0.363 e. The normalized spacial score (nSPS) is 13.5. The fraction of sp³-hybridized carbons (Fsp3) is 0.286. The van der Waals surface area contributed by atoms with Gasteiger partial charge in [0.15, 0.2) is 0 Å². The van der Waals surface area contributed by atoms with Crippen LogP contribution in [0.4, 0.5) is 11.8 Å². The van der Waals surface area contributed by atoms with Crippen LogP contribution < -0.4 is 9.80 Å². The van der Waals surface area contributed by atoms with Gasteiger partial charge in [-0.25, -0.2) is 4.98 Å². The largest absolute Gasteiger partial charge is 0.363 e. The van der Waals surface area contributed by atoms with E-state index in [0.29, 0.717) is 0 Å². The summed E-state index contributed by atoms with van der Waals surface area (Å²) >= 11 is 3.52. The minimum atomic E-state index is 0.790. The zero-order chi connectivity index (χ0) is 13.4. The van der Waals surface area contributed by atoms with Crippen LogP contribution in [-0.4, -0.2) is 24.1 Å². The number of benzene rings is 1. The highest BCUT2D eigenvalue weighted by atomic mass is 79.9. The summed E-state index contributed by atoms with van der Waals surface area (Å²) in [5.41, 5.74) is 2.69. The van der Waals surface area contributed by atoms with Gasteiger partial charge in [0.2, 0.25) is 5.95 Å². The number of rotatable bonds is 2. The summed E-state index contributed by atoms with van der Waals surface area (Å²) in [6.07, 6.45) is 1.82. The first-order valence-corrected chi connectivity index (χ1v) is 6.95. The van der Waals surface area contributed by atoms with E-state index in [1.807, 2.05) is 31.3 Å². The fourth-order valence-electron chi connectivity index (χ4n) is 2.25. The van der Waals surface area contributed by atoms with Gasteiger partial charge in [0.25, 0.3) is 0 Å². The van der Waals surface area contributed by atoms with E-state index in [9.17, 15) is 0 Å². The SMILES string of the molecule is CN(C)c1ccnc(N2Cc3ccc(Br)cc3C2)n1. The Balaban J connectivity index is 1.88. The smallest absolute Gasteiger partial charge is 0.227 e. The molecule has 4 nitrogen and oxygen atoms in total.